The number of Topliss-reactive ketones (excluding diaryl/α,β-unsaturated/α-hetero) is 1. The van der Waals surface area contributed by atoms with Gasteiger partial charge >= 0.3 is 0 Å². The molecule has 31 heavy (non-hydrogen) atoms. The molecule has 7 heteroatoms. The molecule has 0 amide bonds. The fraction of sp³-hybridized carbons (Fsp3) is 0.458. The Balaban J connectivity index is 1.59. The van der Waals surface area contributed by atoms with Crippen LogP contribution in [-0.2, 0) is 10.0 Å². The van der Waals surface area contributed by atoms with Gasteiger partial charge in [-0.3, -0.25) is 4.79 Å². The number of ketones is 1. The maximum Gasteiger partial charge on any atom is 0.246 e. The van der Waals surface area contributed by atoms with E-state index in [0.717, 1.165) is 22.3 Å². The summed E-state index contributed by atoms with van der Waals surface area (Å²) in [4.78, 5) is 13.1. The van der Waals surface area contributed by atoms with Crippen LogP contribution < -0.4 is 9.47 Å². The lowest BCUT2D eigenvalue weighted by molar-refractivity contribution is 0.00533. The number of sulfonamides is 1. The Morgan fingerprint density at radius 1 is 0.968 bits per heavy atom. The Hall–Kier alpha value is -2.38. The highest BCUT2D eigenvalue weighted by Gasteiger charge is 2.45. The zero-order chi connectivity index (χ0) is 22.6. The molecule has 0 bridgehead atoms. The van der Waals surface area contributed by atoms with E-state index in [-0.39, 0.29) is 17.1 Å². The predicted molar refractivity (Wildman–Crippen MR) is 119 cm³/mol. The number of ether oxygens (including phenoxy) is 2. The Kier molecular flexibility index (Phi) is 5.38. The first-order chi connectivity index (χ1) is 14.6. The zero-order valence-corrected chi connectivity index (χ0v) is 19.6. The van der Waals surface area contributed by atoms with Gasteiger partial charge in [0.05, 0.1) is 19.1 Å². The van der Waals surface area contributed by atoms with Crippen molar-refractivity contribution in [3.63, 3.8) is 0 Å². The van der Waals surface area contributed by atoms with Crippen molar-refractivity contribution in [2.75, 3.05) is 20.2 Å². The second-order valence-electron chi connectivity index (χ2n) is 8.83. The molecule has 166 valence electrons. The number of benzene rings is 2. The van der Waals surface area contributed by atoms with Gasteiger partial charge in [0.2, 0.25) is 10.0 Å². The number of hydrogen-bond acceptors (Lipinski definition) is 5. The van der Waals surface area contributed by atoms with Crippen LogP contribution in [0.3, 0.4) is 0 Å². The Bertz CT molecular complexity index is 1160. The number of carbonyl (C=O) groups excluding carboxylic acids is 1. The predicted octanol–water partition coefficient (Wildman–Crippen LogP) is 4.12. The highest BCUT2D eigenvalue weighted by atomic mass is 32.2. The highest BCUT2D eigenvalue weighted by Crippen LogP contribution is 2.42. The number of nitrogens with zero attached hydrogens (tertiary/aromatic N) is 1. The van der Waals surface area contributed by atoms with Crippen LogP contribution in [0.4, 0.5) is 0 Å². The van der Waals surface area contributed by atoms with Crippen LogP contribution in [0.5, 0.6) is 11.5 Å². The van der Waals surface area contributed by atoms with Gasteiger partial charge < -0.3 is 9.47 Å². The first kappa shape index (κ1) is 21.8. The van der Waals surface area contributed by atoms with Crippen LogP contribution in [0.25, 0.3) is 0 Å². The fourth-order valence-corrected chi connectivity index (χ4v) is 6.28. The van der Waals surface area contributed by atoms with Gasteiger partial charge in [-0.2, -0.15) is 4.31 Å². The third-order valence-corrected chi connectivity index (χ3v) is 8.47. The normalized spacial score (nSPS) is 18.5. The molecule has 2 heterocycles. The van der Waals surface area contributed by atoms with Gasteiger partial charge in [0, 0.05) is 25.9 Å². The first-order valence-electron chi connectivity index (χ1n) is 10.6. The molecule has 6 nitrogen and oxygen atoms in total. The smallest absolute Gasteiger partial charge is 0.246 e. The number of carbonyl (C=O) groups is 1. The minimum Gasteiger partial charge on any atom is -0.495 e. The Labute approximate surface area is 184 Å². The number of piperidine rings is 1. The third kappa shape index (κ3) is 3.74. The van der Waals surface area contributed by atoms with E-state index in [1.807, 2.05) is 39.8 Å². The van der Waals surface area contributed by atoms with E-state index in [1.54, 1.807) is 12.1 Å². The summed E-state index contributed by atoms with van der Waals surface area (Å²) in [6.45, 7) is 8.33. The molecule has 0 saturated carbocycles. The quantitative estimate of drug-likeness (QED) is 0.714. The van der Waals surface area contributed by atoms with Crippen molar-refractivity contribution < 1.29 is 22.7 Å². The lowest BCUT2D eigenvalue weighted by Gasteiger charge is -2.44. The van der Waals surface area contributed by atoms with E-state index in [1.165, 1.54) is 11.4 Å². The summed E-state index contributed by atoms with van der Waals surface area (Å²) < 4.78 is 40.0. The number of rotatable bonds is 3. The molecule has 1 fully saturated rings. The summed E-state index contributed by atoms with van der Waals surface area (Å²) in [7, 11) is -2.24. The van der Waals surface area contributed by atoms with Crippen molar-refractivity contribution in [2.24, 2.45) is 0 Å². The molecule has 1 saturated heterocycles. The SMILES string of the molecule is COc1cc(C)c(C)cc1S(=O)(=O)N1CCC2(CC1)CC(=O)c1cc(C)cc(C)c1O2. The van der Waals surface area contributed by atoms with Crippen molar-refractivity contribution in [3.8, 4) is 11.5 Å². The standard InChI is InChI=1S/C24H29NO5S/c1-15-10-18(4)23-19(11-15)20(26)14-24(30-23)6-8-25(9-7-24)31(27,28)22-13-17(3)16(2)12-21(22)29-5/h10-13H,6-9,14H2,1-5H3. The largest absolute Gasteiger partial charge is 0.495 e. The Morgan fingerprint density at radius 2 is 1.61 bits per heavy atom. The molecule has 0 aliphatic carbocycles. The number of aryl methyl sites for hydroxylation is 4. The summed E-state index contributed by atoms with van der Waals surface area (Å²) in [5, 5.41) is 0. The summed E-state index contributed by atoms with van der Waals surface area (Å²) in [6.07, 6.45) is 1.22. The van der Waals surface area contributed by atoms with Crippen molar-refractivity contribution in [3.05, 3.63) is 52.1 Å². The van der Waals surface area contributed by atoms with Gasteiger partial charge in [0.1, 0.15) is 22.0 Å². The molecular formula is C24H29NO5S. The molecule has 2 aromatic rings. The number of hydrogen-bond donors (Lipinski definition) is 0. The monoisotopic (exact) mass is 443 g/mol. The van der Waals surface area contributed by atoms with Gasteiger partial charge in [0.15, 0.2) is 5.78 Å². The first-order valence-corrected chi connectivity index (χ1v) is 12.0. The van der Waals surface area contributed by atoms with Gasteiger partial charge in [-0.1, -0.05) is 6.07 Å². The summed E-state index contributed by atoms with van der Waals surface area (Å²) in [5.41, 5.74) is 3.84. The topological polar surface area (TPSA) is 72.9 Å². The van der Waals surface area contributed by atoms with Crippen molar-refractivity contribution in [2.45, 2.75) is 57.5 Å². The van der Waals surface area contributed by atoms with E-state index < -0.39 is 15.6 Å². The molecule has 4 rings (SSSR count). The van der Waals surface area contributed by atoms with Crippen LogP contribution in [0.15, 0.2) is 29.2 Å². The van der Waals surface area contributed by atoms with Gasteiger partial charge in [-0.25, -0.2) is 8.42 Å². The van der Waals surface area contributed by atoms with Crippen molar-refractivity contribution in [1.29, 1.82) is 0 Å². The molecule has 0 N–H and O–H groups in total. The highest BCUT2D eigenvalue weighted by molar-refractivity contribution is 7.89. The third-order valence-electron chi connectivity index (χ3n) is 6.55. The van der Waals surface area contributed by atoms with E-state index in [9.17, 15) is 13.2 Å². The van der Waals surface area contributed by atoms with Crippen LogP contribution in [-0.4, -0.2) is 44.3 Å². The molecule has 0 unspecified atom stereocenters. The minimum absolute atomic E-state index is 0.0696. The van der Waals surface area contributed by atoms with Gasteiger partial charge in [-0.15, -0.1) is 0 Å². The molecule has 0 atom stereocenters. The lowest BCUT2D eigenvalue weighted by Crippen LogP contribution is -2.52. The fourth-order valence-electron chi connectivity index (χ4n) is 4.61. The maximum absolute atomic E-state index is 13.4. The average molecular weight is 444 g/mol. The van der Waals surface area contributed by atoms with Crippen molar-refractivity contribution >= 4 is 15.8 Å². The Morgan fingerprint density at radius 3 is 2.26 bits per heavy atom. The maximum atomic E-state index is 13.4. The van der Waals surface area contributed by atoms with E-state index >= 15 is 0 Å². The second-order valence-corrected chi connectivity index (χ2v) is 10.7. The van der Waals surface area contributed by atoms with Crippen molar-refractivity contribution in [1.82, 2.24) is 4.31 Å². The van der Waals surface area contributed by atoms with Crippen LogP contribution in [0, 0.1) is 27.7 Å². The van der Waals surface area contributed by atoms with Gasteiger partial charge in [-0.05, 0) is 68.1 Å². The number of methoxy groups -OCH3 is 1. The van der Waals surface area contributed by atoms with E-state index in [4.69, 9.17) is 9.47 Å². The molecule has 1 spiro atoms. The van der Waals surface area contributed by atoms with E-state index in [2.05, 4.69) is 0 Å². The van der Waals surface area contributed by atoms with Crippen LogP contribution >= 0.6 is 0 Å². The molecule has 2 aromatic carbocycles. The second kappa shape index (κ2) is 7.64. The summed E-state index contributed by atoms with van der Waals surface area (Å²) in [6, 6.07) is 7.33. The average Bonchev–Trinajstić information content (AvgIpc) is 2.71. The van der Waals surface area contributed by atoms with Gasteiger partial charge in [0.25, 0.3) is 0 Å². The minimum atomic E-state index is -3.72. The molecule has 2 aliphatic heterocycles. The summed E-state index contributed by atoms with van der Waals surface area (Å²) in [5.74, 6) is 1.07. The van der Waals surface area contributed by atoms with Crippen LogP contribution in [0.2, 0.25) is 0 Å². The van der Waals surface area contributed by atoms with Crippen LogP contribution in [0.1, 0.15) is 51.9 Å². The zero-order valence-electron chi connectivity index (χ0n) is 18.7. The van der Waals surface area contributed by atoms with E-state index in [0.29, 0.717) is 43.0 Å². The molecular weight excluding hydrogens is 414 g/mol. The summed E-state index contributed by atoms with van der Waals surface area (Å²) >= 11 is 0. The molecule has 0 radical (unpaired) electrons. The molecule has 0 aromatic heterocycles. The lowest BCUT2D eigenvalue weighted by atomic mass is 9.82. The molecule has 2 aliphatic rings. The number of fused-ring (bicyclic) bond motifs is 1.